The predicted molar refractivity (Wildman–Crippen MR) is 102 cm³/mol. The van der Waals surface area contributed by atoms with Gasteiger partial charge < -0.3 is 9.88 Å². The van der Waals surface area contributed by atoms with Crippen LogP contribution in [0.3, 0.4) is 0 Å². The van der Waals surface area contributed by atoms with Gasteiger partial charge in [-0.25, -0.2) is 0 Å². The molecule has 1 aromatic heterocycles. The maximum absolute atomic E-state index is 12.7. The summed E-state index contributed by atoms with van der Waals surface area (Å²) in [5, 5.41) is 11.6. The van der Waals surface area contributed by atoms with Crippen molar-refractivity contribution in [2.24, 2.45) is 7.05 Å². The molecule has 0 fully saturated rings. The maximum atomic E-state index is 12.7. The number of carbonyl (C=O) groups excluding carboxylic acids is 1. The van der Waals surface area contributed by atoms with Crippen LogP contribution < -0.4 is 5.32 Å². The van der Waals surface area contributed by atoms with E-state index in [9.17, 15) is 18.0 Å². The van der Waals surface area contributed by atoms with Crippen LogP contribution in [0, 0.1) is 0 Å². The molecule has 3 aromatic rings. The molecular weight excluding hydrogens is 413 g/mol. The van der Waals surface area contributed by atoms with E-state index < -0.39 is 17.6 Å². The number of rotatable bonds is 5. The molecule has 1 N–H and O–H groups in total. The smallest absolute Gasteiger partial charge is 0.325 e. The number of amides is 1. The molecule has 0 aliphatic heterocycles. The van der Waals surface area contributed by atoms with E-state index in [1.807, 2.05) is 6.07 Å². The third kappa shape index (κ3) is 4.66. The Morgan fingerprint density at radius 3 is 2.64 bits per heavy atom. The van der Waals surface area contributed by atoms with Gasteiger partial charge in [-0.3, -0.25) is 4.79 Å². The van der Waals surface area contributed by atoms with E-state index in [0.717, 1.165) is 23.9 Å². The summed E-state index contributed by atoms with van der Waals surface area (Å²) in [7, 11) is 1.74. The molecule has 146 valence electrons. The Labute approximate surface area is 167 Å². The molecule has 10 heteroatoms. The van der Waals surface area contributed by atoms with Crippen LogP contribution in [0.1, 0.15) is 5.56 Å². The number of nitrogens with zero attached hydrogens (tertiary/aromatic N) is 3. The first kappa shape index (κ1) is 20.2. The molecule has 0 radical (unpaired) electrons. The molecule has 1 heterocycles. The second-order valence-corrected chi connectivity index (χ2v) is 7.11. The minimum atomic E-state index is -4.47. The molecule has 0 saturated carbocycles. The van der Waals surface area contributed by atoms with Gasteiger partial charge in [0.2, 0.25) is 5.91 Å². The Hall–Kier alpha value is -2.52. The second kappa shape index (κ2) is 8.24. The van der Waals surface area contributed by atoms with Gasteiger partial charge in [-0.1, -0.05) is 41.6 Å². The molecule has 28 heavy (non-hydrogen) atoms. The van der Waals surface area contributed by atoms with Gasteiger partial charge in [0.05, 0.1) is 16.3 Å². The second-order valence-electron chi connectivity index (χ2n) is 5.76. The lowest BCUT2D eigenvalue weighted by Gasteiger charge is -2.10. The van der Waals surface area contributed by atoms with Crippen LogP contribution in [0.25, 0.3) is 11.4 Å². The fourth-order valence-electron chi connectivity index (χ4n) is 2.42. The van der Waals surface area contributed by atoms with Crippen molar-refractivity contribution in [1.29, 1.82) is 0 Å². The number of hydrogen-bond donors (Lipinski definition) is 1. The summed E-state index contributed by atoms with van der Waals surface area (Å²) < 4.78 is 39.9. The number of alkyl halides is 3. The van der Waals surface area contributed by atoms with Crippen molar-refractivity contribution >= 4 is 35.0 Å². The van der Waals surface area contributed by atoms with Gasteiger partial charge in [-0.05, 0) is 30.3 Å². The monoisotopic (exact) mass is 426 g/mol. The van der Waals surface area contributed by atoms with Gasteiger partial charge in [0.1, 0.15) is 0 Å². The number of nitrogens with one attached hydrogen (secondary N) is 1. The van der Waals surface area contributed by atoms with Crippen molar-refractivity contribution in [3.63, 3.8) is 0 Å². The van der Waals surface area contributed by atoms with Crippen molar-refractivity contribution in [2.45, 2.75) is 11.3 Å². The number of halogens is 4. The standard InChI is InChI=1S/C18H14ClF3N4OS/c1-26-16(13-7-2-3-8-14(13)19)24-25-17(26)28-10-15(27)23-12-6-4-5-11(9-12)18(20,21)22/h2-9H,10H2,1H3,(H,23,27). The highest BCUT2D eigenvalue weighted by Crippen LogP contribution is 2.31. The van der Waals surface area contributed by atoms with Gasteiger partial charge in [0.25, 0.3) is 0 Å². The third-order valence-electron chi connectivity index (χ3n) is 3.76. The fraction of sp³-hybridized carbons (Fsp3) is 0.167. The fourth-order valence-corrected chi connectivity index (χ4v) is 3.35. The topological polar surface area (TPSA) is 59.8 Å². The van der Waals surface area contributed by atoms with E-state index in [1.165, 1.54) is 12.1 Å². The van der Waals surface area contributed by atoms with Gasteiger partial charge in [0.15, 0.2) is 11.0 Å². The molecule has 0 unspecified atom stereocenters. The Morgan fingerprint density at radius 1 is 1.18 bits per heavy atom. The first-order valence-corrected chi connectivity index (χ1v) is 9.36. The zero-order valence-electron chi connectivity index (χ0n) is 14.5. The van der Waals surface area contributed by atoms with E-state index in [4.69, 9.17) is 11.6 Å². The number of aromatic nitrogens is 3. The lowest BCUT2D eigenvalue weighted by atomic mass is 10.2. The van der Waals surface area contributed by atoms with Crippen LogP contribution in [0.2, 0.25) is 5.02 Å². The highest BCUT2D eigenvalue weighted by atomic mass is 35.5. The molecule has 0 aliphatic carbocycles. The number of benzene rings is 2. The van der Waals surface area contributed by atoms with Crippen molar-refractivity contribution in [1.82, 2.24) is 14.8 Å². The molecule has 1 amide bonds. The quantitative estimate of drug-likeness (QED) is 0.590. The van der Waals surface area contributed by atoms with E-state index in [-0.39, 0.29) is 11.4 Å². The predicted octanol–water partition coefficient (Wildman–Crippen LogP) is 4.89. The van der Waals surface area contributed by atoms with E-state index >= 15 is 0 Å². The zero-order valence-corrected chi connectivity index (χ0v) is 16.1. The summed E-state index contributed by atoms with van der Waals surface area (Å²) in [6.07, 6.45) is -4.47. The minimum Gasteiger partial charge on any atom is -0.325 e. The van der Waals surface area contributed by atoms with Crippen molar-refractivity contribution < 1.29 is 18.0 Å². The SMILES string of the molecule is Cn1c(SCC(=O)Nc2cccc(C(F)(F)F)c2)nnc1-c1ccccc1Cl. The summed E-state index contributed by atoms with van der Waals surface area (Å²) in [4.78, 5) is 12.1. The molecule has 0 bridgehead atoms. The van der Waals surface area contributed by atoms with Gasteiger partial charge in [-0.2, -0.15) is 13.2 Å². The van der Waals surface area contributed by atoms with Crippen LogP contribution in [0.15, 0.2) is 53.7 Å². The summed E-state index contributed by atoms with van der Waals surface area (Å²) in [5.74, 6) is 0.0584. The highest BCUT2D eigenvalue weighted by molar-refractivity contribution is 7.99. The van der Waals surface area contributed by atoms with Crippen molar-refractivity contribution in [3.8, 4) is 11.4 Å². The molecule has 0 spiro atoms. The molecular formula is C18H14ClF3N4OS. The van der Waals surface area contributed by atoms with Crippen LogP contribution in [0.5, 0.6) is 0 Å². The normalized spacial score (nSPS) is 11.5. The maximum Gasteiger partial charge on any atom is 0.416 e. The van der Waals surface area contributed by atoms with Crippen molar-refractivity contribution in [3.05, 3.63) is 59.1 Å². The first-order valence-electron chi connectivity index (χ1n) is 8.00. The highest BCUT2D eigenvalue weighted by Gasteiger charge is 2.30. The number of carbonyl (C=O) groups is 1. The largest absolute Gasteiger partial charge is 0.416 e. The molecule has 0 saturated heterocycles. The number of thioether (sulfide) groups is 1. The molecule has 5 nitrogen and oxygen atoms in total. The number of anilines is 1. The zero-order chi connectivity index (χ0) is 20.3. The average Bonchev–Trinajstić information content (AvgIpc) is 3.00. The van der Waals surface area contributed by atoms with Crippen molar-refractivity contribution in [2.75, 3.05) is 11.1 Å². The Kier molecular flexibility index (Phi) is 5.95. The first-order chi connectivity index (χ1) is 13.3. The van der Waals surface area contributed by atoms with E-state index in [0.29, 0.717) is 21.6 Å². The molecule has 2 aromatic carbocycles. The van der Waals surface area contributed by atoms with Crippen LogP contribution in [0.4, 0.5) is 18.9 Å². The van der Waals surface area contributed by atoms with Gasteiger partial charge >= 0.3 is 6.18 Å². The van der Waals surface area contributed by atoms with Crippen LogP contribution in [-0.4, -0.2) is 26.4 Å². The lowest BCUT2D eigenvalue weighted by Crippen LogP contribution is -2.15. The average molecular weight is 427 g/mol. The molecule has 0 atom stereocenters. The van der Waals surface area contributed by atoms with Gasteiger partial charge in [-0.15, -0.1) is 10.2 Å². The summed E-state index contributed by atoms with van der Waals surface area (Å²) in [5.41, 5.74) is -0.0368. The molecule has 3 rings (SSSR count). The summed E-state index contributed by atoms with van der Waals surface area (Å²) >= 11 is 7.29. The third-order valence-corrected chi connectivity index (χ3v) is 5.11. The number of hydrogen-bond acceptors (Lipinski definition) is 4. The Morgan fingerprint density at radius 2 is 1.93 bits per heavy atom. The summed E-state index contributed by atoms with van der Waals surface area (Å²) in [6.45, 7) is 0. The van der Waals surface area contributed by atoms with Gasteiger partial charge in [0, 0.05) is 18.3 Å². The van der Waals surface area contributed by atoms with E-state index in [2.05, 4.69) is 15.5 Å². The van der Waals surface area contributed by atoms with Crippen LogP contribution in [-0.2, 0) is 18.0 Å². The Balaban J connectivity index is 1.65. The Bertz CT molecular complexity index is 1010. The minimum absolute atomic E-state index is 0.0370. The summed E-state index contributed by atoms with van der Waals surface area (Å²) in [6, 6.07) is 11.6. The van der Waals surface area contributed by atoms with Crippen LogP contribution >= 0.6 is 23.4 Å². The van der Waals surface area contributed by atoms with E-state index in [1.54, 1.807) is 29.8 Å². The molecule has 0 aliphatic rings. The lowest BCUT2D eigenvalue weighted by molar-refractivity contribution is -0.137.